The van der Waals surface area contributed by atoms with Gasteiger partial charge in [-0.15, -0.1) is 0 Å². The number of alkyl halides is 3. The van der Waals surface area contributed by atoms with Crippen molar-refractivity contribution < 1.29 is 26.4 Å². The van der Waals surface area contributed by atoms with E-state index >= 15 is 0 Å². The maximum atomic E-state index is 12.6. The van der Waals surface area contributed by atoms with Gasteiger partial charge in [0.15, 0.2) is 0 Å². The van der Waals surface area contributed by atoms with E-state index in [1.54, 1.807) is 23.9 Å². The molecule has 2 rings (SSSR count). The molecule has 1 aliphatic heterocycles. The van der Waals surface area contributed by atoms with Crippen molar-refractivity contribution in [1.82, 2.24) is 14.1 Å². The molecule has 1 aliphatic rings. The van der Waals surface area contributed by atoms with Crippen LogP contribution in [0.25, 0.3) is 0 Å². The van der Waals surface area contributed by atoms with Crippen molar-refractivity contribution in [2.24, 2.45) is 0 Å². The minimum atomic E-state index is -4.51. The molecule has 10 heteroatoms. The first-order chi connectivity index (χ1) is 11.5. The second kappa shape index (κ2) is 7.30. The maximum Gasteiger partial charge on any atom is 0.416 e. The summed E-state index contributed by atoms with van der Waals surface area (Å²) >= 11 is 0. The number of nitrogens with zero attached hydrogens (tertiary/aromatic N) is 3. The number of halogens is 3. The predicted molar refractivity (Wildman–Crippen MR) is 85.3 cm³/mol. The lowest BCUT2D eigenvalue weighted by Gasteiger charge is -2.34. The van der Waals surface area contributed by atoms with Crippen molar-refractivity contribution in [2.75, 3.05) is 46.8 Å². The Hall–Kier alpha value is -1.65. The molecule has 1 aromatic carbocycles. The van der Waals surface area contributed by atoms with Crippen LogP contribution in [0.15, 0.2) is 29.2 Å². The lowest BCUT2D eigenvalue weighted by molar-refractivity contribution is -0.137. The van der Waals surface area contributed by atoms with Gasteiger partial charge in [-0.1, -0.05) is 0 Å². The summed E-state index contributed by atoms with van der Waals surface area (Å²) in [5, 5.41) is 0. The summed E-state index contributed by atoms with van der Waals surface area (Å²) in [4.78, 5) is 15.1. The van der Waals surface area contributed by atoms with Gasteiger partial charge in [0, 0.05) is 26.2 Å². The number of carbonyl (C=O) groups is 1. The van der Waals surface area contributed by atoms with Gasteiger partial charge in [-0.3, -0.25) is 4.79 Å². The van der Waals surface area contributed by atoms with Crippen molar-refractivity contribution in [3.8, 4) is 0 Å². The van der Waals surface area contributed by atoms with Crippen LogP contribution < -0.4 is 0 Å². The van der Waals surface area contributed by atoms with Crippen molar-refractivity contribution in [1.29, 1.82) is 0 Å². The molecule has 0 N–H and O–H groups in total. The lowest BCUT2D eigenvalue weighted by atomic mass is 10.2. The standard InChI is InChI=1S/C15H20F3N3O3S/c1-19(2)11-14(22)20-7-9-21(10-8-20)25(23,24)13-5-3-12(4-6-13)15(16,17)18/h3-6H,7-11H2,1-2H3. The molecule has 140 valence electrons. The van der Waals surface area contributed by atoms with Crippen LogP contribution in [-0.2, 0) is 21.0 Å². The van der Waals surface area contributed by atoms with Gasteiger partial charge in [-0.05, 0) is 38.4 Å². The number of benzene rings is 1. The molecule has 0 aliphatic carbocycles. The number of rotatable bonds is 4. The van der Waals surface area contributed by atoms with Crippen LogP contribution in [0.5, 0.6) is 0 Å². The highest BCUT2D eigenvalue weighted by Gasteiger charge is 2.33. The molecule has 0 spiro atoms. The van der Waals surface area contributed by atoms with E-state index in [2.05, 4.69) is 0 Å². The van der Waals surface area contributed by atoms with Crippen LogP contribution in [-0.4, -0.2) is 75.2 Å². The highest BCUT2D eigenvalue weighted by atomic mass is 32.2. The summed E-state index contributed by atoms with van der Waals surface area (Å²) < 4.78 is 64.0. The van der Waals surface area contributed by atoms with Gasteiger partial charge in [0.25, 0.3) is 0 Å². The Morgan fingerprint density at radius 2 is 1.60 bits per heavy atom. The summed E-state index contributed by atoms with van der Waals surface area (Å²) in [6.07, 6.45) is -4.51. The zero-order chi connectivity index (χ0) is 18.8. The number of sulfonamides is 1. The number of amides is 1. The molecule has 0 unspecified atom stereocenters. The summed E-state index contributed by atoms with van der Waals surface area (Å²) in [6.45, 7) is 0.982. The van der Waals surface area contributed by atoms with Crippen molar-refractivity contribution >= 4 is 15.9 Å². The Balaban J connectivity index is 2.05. The van der Waals surface area contributed by atoms with Crippen molar-refractivity contribution in [3.63, 3.8) is 0 Å². The van der Waals surface area contributed by atoms with Crippen LogP contribution in [0.4, 0.5) is 13.2 Å². The van der Waals surface area contributed by atoms with Crippen LogP contribution in [0.2, 0.25) is 0 Å². The van der Waals surface area contributed by atoms with E-state index in [0.29, 0.717) is 0 Å². The second-order valence-corrected chi connectivity index (χ2v) is 7.98. The van der Waals surface area contributed by atoms with Gasteiger partial charge in [0.1, 0.15) is 0 Å². The summed E-state index contributed by atoms with van der Waals surface area (Å²) in [7, 11) is -0.345. The zero-order valence-corrected chi connectivity index (χ0v) is 14.8. The fraction of sp³-hybridized carbons (Fsp3) is 0.533. The number of carbonyl (C=O) groups excluding carboxylic acids is 1. The van der Waals surface area contributed by atoms with E-state index in [1.165, 1.54) is 4.31 Å². The van der Waals surface area contributed by atoms with Crippen LogP contribution >= 0.6 is 0 Å². The molecule has 0 atom stereocenters. The molecular formula is C15H20F3N3O3S. The number of hydrogen-bond acceptors (Lipinski definition) is 4. The van der Waals surface area contributed by atoms with E-state index in [9.17, 15) is 26.4 Å². The van der Waals surface area contributed by atoms with Gasteiger partial charge in [-0.25, -0.2) is 8.42 Å². The van der Waals surface area contributed by atoms with Gasteiger partial charge < -0.3 is 9.80 Å². The zero-order valence-electron chi connectivity index (χ0n) is 14.0. The third kappa shape index (κ3) is 4.71. The Morgan fingerprint density at radius 3 is 2.04 bits per heavy atom. The first-order valence-corrected chi connectivity index (χ1v) is 9.06. The van der Waals surface area contributed by atoms with Crippen LogP contribution in [0.1, 0.15) is 5.56 Å². The van der Waals surface area contributed by atoms with Gasteiger partial charge in [0.2, 0.25) is 15.9 Å². The average Bonchev–Trinajstić information content (AvgIpc) is 2.53. The topological polar surface area (TPSA) is 60.9 Å². The first-order valence-electron chi connectivity index (χ1n) is 7.62. The van der Waals surface area contributed by atoms with Crippen LogP contribution in [0, 0.1) is 0 Å². The summed E-state index contributed by atoms with van der Waals surface area (Å²) in [5.74, 6) is -0.0865. The minimum absolute atomic E-state index is 0.0865. The molecule has 1 aromatic rings. The molecular weight excluding hydrogens is 359 g/mol. The molecule has 1 amide bonds. The van der Waals surface area contributed by atoms with Crippen LogP contribution in [0.3, 0.4) is 0 Å². The molecule has 25 heavy (non-hydrogen) atoms. The van der Waals surface area contributed by atoms with Gasteiger partial charge in [-0.2, -0.15) is 17.5 Å². The largest absolute Gasteiger partial charge is 0.416 e. The smallest absolute Gasteiger partial charge is 0.339 e. The van der Waals surface area contributed by atoms with E-state index in [0.717, 1.165) is 24.3 Å². The molecule has 0 radical (unpaired) electrons. The molecule has 1 heterocycles. The van der Waals surface area contributed by atoms with E-state index < -0.39 is 21.8 Å². The first kappa shape index (κ1) is 19.7. The Labute approximate surface area is 144 Å². The van der Waals surface area contributed by atoms with Gasteiger partial charge >= 0.3 is 6.18 Å². The Morgan fingerprint density at radius 1 is 1.08 bits per heavy atom. The number of hydrogen-bond donors (Lipinski definition) is 0. The van der Waals surface area contributed by atoms with E-state index in [-0.39, 0.29) is 43.5 Å². The Kier molecular flexibility index (Phi) is 5.75. The second-order valence-electron chi connectivity index (χ2n) is 6.04. The molecule has 0 bridgehead atoms. The molecule has 1 saturated heterocycles. The Bertz CT molecular complexity index is 710. The molecule has 0 saturated carbocycles. The molecule has 1 fully saturated rings. The molecule has 6 nitrogen and oxygen atoms in total. The monoisotopic (exact) mass is 379 g/mol. The maximum absolute atomic E-state index is 12.6. The summed E-state index contributed by atoms with van der Waals surface area (Å²) in [6, 6.07) is 3.43. The third-order valence-corrected chi connectivity index (χ3v) is 5.78. The quantitative estimate of drug-likeness (QED) is 0.786. The highest BCUT2D eigenvalue weighted by molar-refractivity contribution is 7.89. The number of piperazine rings is 1. The molecule has 0 aromatic heterocycles. The van der Waals surface area contributed by atoms with Crippen molar-refractivity contribution in [2.45, 2.75) is 11.1 Å². The van der Waals surface area contributed by atoms with E-state index in [1.807, 2.05) is 0 Å². The third-order valence-electron chi connectivity index (χ3n) is 3.86. The fourth-order valence-electron chi connectivity index (χ4n) is 2.51. The summed E-state index contributed by atoms with van der Waals surface area (Å²) in [5.41, 5.74) is -0.898. The average molecular weight is 379 g/mol. The minimum Gasteiger partial charge on any atom is -0.339 e. The van der Waals surface area contributed by atoms with Gasteiger partial charge in [0.05, 0.1) is 17.0 Å². The lowest BCUT2D eigenvalue weighted by Crippen LogP contribution is -2.52. The van der Waals surface area contributed by atoms with E-state index in [4.69, 9.17) is 0 Å². The SMILES string of the molecule is CN(C)CC(=O)N1CCN(S(=O)(=O)c2ccc(C(F)(F)F)cc2)CC1. The predicted octanol–water partition coefficient (Wildman–Crippen LogP) is 1.10. The highest BCUT2D eigenvalue weighted by Crippen LogP contribution is 2.30. The van der Waals surface area contributed by atoms with Crippen molar-refractivity contribution in [3.05, 3.63) is 29.8 Å². The number of likely N-dealkylation sites (N-methyl/N-ethyl adjacent to an activating group) is 1. The normalized spacial score (nSPS) is 17.1. The fourth-order valence-corrected chi connectivity index (χ4v) is 3.94.